The van der Waals surface area contributed by atoms with Crippen molar-refractivity contribution in [3.8, 4) is 0 Å². The van der Waals surface area contributed by atoms with Gasteiger partial charge < -0.3 is 10.1 Å². The van der Waals surface area contributed by atoms with Gasteiger partial charge >= 0.3 is 5.97 Å². The Hall–Kier alpha value is -1.36. The third-order valence-corrected chi connectivity index (χ3v) is 2.41. The molecule has 0 aliphatic carbocycles. The summed E-state index contributed by atoms with van der Waals surface area (Å²) in [5, 5.41) is 7.34. The van der Waals surface area contributed by atoms with Crippen molar-refractivity contribution in [1.82, 2.24) is 15.1 Å². The van der Waals surface area contributed by atoms with Crippen LogP contribution in [-0.2, 0) is 9.53 Å². The highest BCUT2D eigenvalue weighted by atomic mass is 16.5. The lowest BCUT2D eigenvalue weighted by Gasteiger charge is -2.14. The van der Waals surface area contributed by atoms with Gasteiger partial charge in [-0.25, -0.2) is 4.79 Å². The first-order valence-electron chi connectivity index (χ1n) is 6.04. The van der Waals surface area contributed by atoms with Crippen LogP contribution in [0.2, 0.25) is 0 Å². The second-order valence-electron chi connectivity index (χ2n) is 4.09. The van der Waals surface area contributed by atoms with Crippen LogP contribution >= 0.6 is 0 Å². The molecule has 0 spiro atoms. The van der Waals surface area contributed by atoms with Gasteiger partial charge in [0, 0.05) is 17.8 Å². The van der Waals surface area contributed by atoms with Crippen molar-refractivity contribution in [1.29, 1.82) is 0 Å². The Morgan fingerprint density at radius 1 is 1.53 bits per heavy atom. The minimum Gasteiger partial charge on any atom is -0.465 e. The van der Waals surface area contributed by atoms with Gasteiger partial charge in [0.15, 0.2) is 0 Å². The van der Waals surface area contributed by atoms with Gasteiger partial charge in [0.05, 0.1) is 12.8 Å². The maximum absolute atomic E-state index is 11.8. The molecule has 0 aromatic carbocycles. The fourth-order valence-corrected chi connectivity index (χ4v) is 1.55. The van der Waals surface area contributed by atoms with Gasteiger partial charge in [-0.1, -0.05) is 6.92 Å². The molecule has 17 heavy (non-hydrogen) atoms. The van der Waals surface area contributed by atoms with Crippen LogP contribution < -0.4 is 5.32 Å². The monoisotopic (exact) mass is 239 g/mol. The van der Waals surface area contributed by atoms with Crippen LogP contribution in [0.1, 0.15) is 45.3 Å². The Morgan fingerprint density at radius 3 is 2.71 bits per heavy atom. The quantitative estimate of drug-likeness (QED) is 0.767. The largest absolute Gasteiger partial charge is 0.465 e. The fraction of sp³-hybridized carbons (Fsp3) is 0.667. The molecule has 0 fully saturated rings. The van der Waals surface area contributed by atoms with E-state index >= 15 is 0 Å². The van der Waals surface area contributed by atoms with E-state index in [4.69, 9.17) is 4.74 Å². The summed E-state index contributed by atoms with van der Waals surface area (Å²) in [6.07, 6.45) is 3.60. The summed E-state index contributed by atoms with van der Waals surface area (Å²) in [5.74, 6) is -0.252. The highest BCUT2D eigenvalue weighted by molar-refractivity contribution is 5.77. The van der Waals surface area contributed by atoms with Crippen molar-refractivity contribution in [3.63, 3.8) is 0 Å². The second kappa shape index (κ2) is 6.39. The fourth-order valence-electron chi connectivity index (χ4n) is 1.55. The summed E-state index contributed by atoms with van der Waals surface area (Å²) in [6.45, 7) is 8.94. The number of hydrogen-bond donors (Lipinski definition) is 1. The van der Waals surface area contributed by atoms with Gasteiger partial charge in [-0.05, 0) is 27.3 Å². The number of nitrogens with one attached hydrogen (secondary N) is 1. The number of carbonyl (C=O) groups is 1. The summed E-state index contributed by atoms with van der Waals surface area (Å²) in [5.41, 5.74) is 0.846. The Bertz CT molecular complexity index is 360. The van der Waals surface area contributed by atoms with E-state index in [1.54, 1.807) is 13.1 Å². The van der Waals surface area contributed by atoms with Crippen LogP contribution in [-0.4, -0.2) is 28.9 Å². The van der Waals surface area contributed by atoms with E-state index in [1.165, 1.54) is 0 Å². The Balaban J connectivity index is 2.85. The molecular formula is C12H21N3O2. The molecule has 1 aromatic heterocycles. The molecule has 0 amide bonds. The molecule has 5 heteroatoms. The van der Waals surface area contributed by atoms with Crippen molar-refractivity contribution >= 4 is 5.97 Å². The average molecular weight is 239 g/mol. The number of carbonyl (C=O) groups excluding carboxylic acids is 1. The minimum absolute atomic E-state index is 0.252. The van der Waals surface area contributed by atoms with E-state index in [9.17, 15) is 4.79 Å². The van der Waals surface area contributed by atoms with Crippen molar-refractivity contribution in [2.75, 3.05) is 13.2 Å². The molecule has 0 radical (unpaired) electrons. The van der Waals surface area contributed by atoms with E-state index in [-0.39, 0.29) is 12.0 Å². The smallest absolute Gasteiger partial charge is 0.327 e. The maximum Gasteiger partial charge on any atom is 0.327 e. The zero-order valence-corrected chi connectivity index (χ0v) is 10.9. The van der Waals surface area contributed by atoms with E-state index in [1.807, 2.05) is 31.6 Å². The van der Waals surface area contributed by atoms with Gasteiger partial charge in [-0.2, -0.15) is 5.10 Å². The van der Waals surface area contributed by atoms with E-state index < -0.39 is 6.04 Å². The van der Waals surface area contributed by atoms with Crippen LogP contribution in [0.15, 0.2) is 12.4 Å². The lowest BCUT2D eigenvalue weighted by molar-refractivity contribution is -0.145. The summed E-state index contributed by atoms with van der Waals surface area (Å²) >= 11 is 0. The van der Waals surface area contributed by atoms with Crippen LogP contribution in [0.4, 0.5) is 0 Å². The number of aromatic nitrogens is 2. The van der Waals surface area contributed by atoms with Crippen LogP contribution in [0.3, 0.4) is 0 Å². The molecule has 1 atom stereocenters. The molecule has 0 saturated heterocycles. The standard InChI is InChI=1S/C12H21N3O2/c1-5-13-11(12(16)17-6-2)10-7-14-15(8-10)9(3)4/h7-9,11,13H,5-6H2,1-4H3. The highest BCUT2D eigenvalue weighted by Crippen LogP contribution is 2.15. The number of hydrogen-bond acceptors (Lipinski definition) is 4. The third-order valence-electron chi connectivity index (χ3n) is 2.41. The van der Waals surface area contributed by atoms with E-state index in [2.05, 4.69) is 10.4 Å². The van der Waals surface area contributed by atoms with Crippen LogP contribution in [0.5, 0.6) is 0 Å². The molecule has 1 aromatic rings. The van der Waals surface area contributed by atoms with Crippen LogP contribution in [0.25, 0.3) is 0 Å². The first kappa shape index (κ1) is 13.7. The van der Waals surface area contributed by atoms with Gasteiger partial charge in [-0.15, -0.1) is 0 Å². The number of ether oxygens (including phenoxy) is 1. The highest BCUT2D eigenvalue weighted by Gasteiger charge is 2.22. The van der Waals surface area contributed by atoms with Gasteiger partial charge in [0.25, 0.3) is 0 Å². The first-order valence-corrected chi connectivity index (χ1v) is 6.04. The summed E-state index contributed by atoms with van der Waals surface area (Å²) in [7, 11) is 0. The van der Waals surface area contributed by atoms with Crippen molar-refractivity contribution < 1.29 is 9.53 Å². The minimum atomic E-state index is -0.424. The predicted molar refractivity (Wildman–Crippen MR) is 65.7 cm³/mol. The summed E-state index contributed by atoms with van der Waals surface area (Å²) in [6, 6.07) is -0.138. The number of likely N-dealkylation sites (N-methyl/N-ethyl adjacent to an activating group) is 1. The zero-order valence-electron chi connectivity index (χ0n) is 10.9. The predicted octanol–water partition coefficient (Wildman–Crippen LogP) is 1.68. The van der Waals surface area contributed by atoms with Crippen molar-refractivity contribution in [2.24, 2.45) is 0 Å². The Morgan fingerprint density at radius 2 is 2.24 bits per heavy atom. The molecule has 0 bridgehead atoms. The Kier molecular flexibility index (Phi) is 5.15. The number of esters is 1. The van der Waals surface area contributed by atoms with Gasteiger partial charge in [-0.3, -0.25) is 4.68 Å². The number of rotatable bonds is 6. The maximum atomic E-state index is 11.8. The van der Waals surface area contributed by atoms with E-state index in [0.29, 0.717) is 13.2 Å². The van der Waals surface area contributed by atoms with Crippen molar-refractivity contribution in [2.45, 2.75) is 39.8 Å². The summed E-state index contributed by atoms with van der Waals surface area (Å²) in [4.78, 5) is 11.8. The molecule has 0 aliphatic heterocycles. The molecule has 1 heterocycles. The average Bonchev–Trinajstić information content (AvgIpc) is 2.75. The summed E-state index contributed by atoms with van der Waals surface area (Å²) < 4.78 is 6.87. The zero-order chi connectivity index (χ0) is 12.8. The molecule has 0 aliphatic rings. The number of nitrogens with zero attached hydrogens (tertiary/aromatic N) is 2. The van der Waals surface area contributed by atoms with Gasteiger partial charge in [0.1, 0.15) is 6.04 Å². The SMILES string of the molecule is CCNC(C(=O)OCC)c1cnn(C(C)C)c1. The Labute approximate surface area is 102 Å². The lowest BCUT2D eigenvalue weighted by atomic mass is 10.1. The van der Waals surface area contributed by atoms with Gasteiger partial charge in [0.2, 0.25) is 0 Å². The lowest BCUT2D eigenvalue weighted by Crippen LogP contribution is -2.29. The normalized spacial score (nSPS) is 12.8. The molecule has 1 rings (SSSR count). The van der Waals surface area contributed by atoms with Crippen LogP contribution in [0, 0.1) is 0 Å². The second-order valence-corrected chi connectivity index (χ2v) is 4.09. The van der Waals surface area contributed by atoms with E-state index in [0.717, 1.165) is 5.56 Å². The molecular weight excluding hydrogens is 218 g/mol. The molecule has 0 saturated carbocycles. The molecule has 5 nitrogen and oxygen atoms in total. The first-order chi connectivity index (χ1) is 8.10. The topological polar surface area (TPSA) is 56.1 Å². The molecule has 96 valence electrons. The molecule has 1 unspecified atom stereocenters. The molecule has 1 N–H and O–H groups in total. The third kappa shape index (κ3) is 3.56. The van der Waals surface area contributed by atoms with Crippen molar-refractivity contribution in [3.05, 3.63) is 18.0 Å².